The highest BCUT2D eigenvalue weighted by Crippen LogP contribution is 2.42. The highest BCUT2D eigenvalue weighted by atomic mass is 32.1. The van der Waals surface area contributed by atoms with Gasteiger partial charge in [0.1, 0.15) is 0 Å². The van der Waals surface area contributed by atoms with Crippen LogP contribution in [0.4, 0.5) is 0 Å². The summed E-state index contributed by atoms with van der Waals surface area (Å²) in [7, 11) is 0. The molecule has 0 unspecified atom stereocenters. The van der Waals surface area contributed by atoms with Crippen molar-refractivity contribution in [3.63, 3.8) is 0 Å². The molecule has 25 heavy (non-hydrogen) atoms. The summed E-state index contributed by atoms with van der Waals surface area (Å²) in [5.41, 5.74) is 0. The van der Waals surface area contributed by atoms with Crippen molar-refractivity contribution in [2.75, 3.05) is 13.1 Å². The molecule has 0 bridgehead atoms. The first kappa shape index (κ1) is 15.1. The molecular weight excluding hydrogens is 356 g/mol. The Morgan fingerprint density at radius 2 is 2.08 bits per heavy atom. The number of aromatic hydroxyl groups is 1. The normalized spacial score (nSPS) is 16.8. The van der Waals surface area contributed by atoms with Gasteiger partial charge in [-0.2, -0.15) is 9.50 Å². The Morgan fingerprint density at radius 3 is 2.76 bits per heavy atom. The minimum absolute atomic E-state index is 0.0723. The summed E-state index contributed by atoms with van der Waals surface area (Å²) >= 11 is 3.22. The lowest BCUT2D eigenvalue weighted by atomic mass is 10.2. The summed E-state index contributed by atoms with van der Waals surface area (Å²) in [4.78, 5) is 9.79. The Hall–Kier alpha value is -2.16. The molecule has 4 aromatic heterocycles. The van der Waals surface area contributed by atoms with Crippen molar-refractivity contribution in [1.29, 1.82) is 0 Å². The molecule has 0 radical (unpaired) electrons. The molecule has 4 aromatic rings. The van der Waals surface area contributed by atoms with Gasteiger partial charge >= 0.3 is 0 Å². The molecule has 0 aromatic carbocycles. The Kier molecular flexibility index (Phi) is 3.61. The quantitative estimate of drug-likeness (QED) is 0.586. The molecular formula is C17H16N4O2S2. The third kappa shape index (κ3) is 2.48. The van der Waals surface area contributed by atoms with Crippen molar-refractivity contribution < 1.29 is 9.52 Å². The number of thiazole rings is 1. The average Bonchev–Trinajstić information content (AvgIpc) is 3.42. The summed E-state index contributed by atoms with van der Waals surface area (Å²) in [5.74, 6) is 1.27. The molecule has 0 spiro atoms. The smallest absolute Gasteiger partial charge is 0.230 e. The van der Waals surface area contributed by atoms with Crippen molar-refractivity contribution in [3.05, 3.63) is 45.7 Å². The summed E-state index contributed by atoms with van der Waals surface area (Å²) in [5, 5.41) is 17.4. The van der Waals surface area contributed by atoms with Crippen LogP contribution < -0.4 is 0 Å². The van der Waals surface area contributed by atoms with Gasteiger partial charge < -0.3 is 9.52 Å². The second kappa shape index (κ2) is 5.98. The van der Waals surface area contributed by atoms with Crippen molar-refractivity contribution in [2.24, 2.45) is 0 Å². The number of hydrogen-bond acceptors (Lipinski definition) is 7. The molecule has 1 N–H and O–H groups in total. The van der Waals surface area contributed by atoms with E-state index in [1.165, 1.54) is 33.6 Å². The van der Waals surface area contributed by atoms with E-state index in [1.807, 2.05) is 6.07 Å². The fraction of sp³-hybridized carbons (Fsp3) is 0.294. The first-order chi connectivity index (χ1) is 12.3. The maximum absolute atomic E-state index is 10.8. The molecule has 5 heterocycles. The van der Waals surface area contributed by atoms with Crippen LogP contribution in [0, 0.1) is 0 Å². The Morgan fingerprint density at radius 1 is 1.20 bits per heavy atom. The second-order valence-electron chi connectivity index (χ2n) is 6.06. The minimum atomic E-state index is 0.0723. The van der Waals surface area contributed by atoms with Crippen molar-refractivity contribution >= 4 is 27.6 Å². The van der Waals surface area contributed by atoms with Crippen LogP contribution >= 0.6 is 22.7 Å². The summed E-state index contributed by atoms with van der Waals surface area (Å²) in [6.07, 6.45) is 3.99. The van der Waals surface area contributed by atoms with Gasteiger partial charge in [0.2, 0.25) is 16.7 Å². The fourth-order valence-electron chi connectivity index (χ4n) is 3.36. The van der Waals surface area contributed by atoms with Crippen molar-refractivity contribution in [3.8, 4) is 17.5 Å². The first-order valence-electron chi connectivity index (χ1n) is 8.21. The van der Waals surface area contributed by atoms with Crippen molar-refractivity contribution in [1.82, 2.24) is 19.5 Å². The van der Waals surface area contributed by atoms with E-state index in [0.717, 1.165) is 18.0 Å². The zero-order valence-electron chi connectivity index (χ0n) is 13.3. The molecule has 128 valence electrons. The van der Waals surface area contributed by atoms with E-state index < -0.39 is 0 Å². The molecule has 1 aliphatic rings. The van der Waals surface area contributed by atoms with Gasteiger partial charge in [0.05, 0.1) is 17.2 Å². The zero-order valence-corrected chi connectivity index (χ0v) is 15.0. The van der Waals surface area contributed by atoms with Crippen LogP contribution in [0.3, 0.4) is 0 Å². The second-order valence-corrected chi connectivity index (χ2v) is 8.05. The molecule has 0 saturated carbocycles. The van der Waals surface area contributed by atoms with Gasteiger partial charge in [-0.25, -0.2) is 0 Å². The summed E-state index contributed by atoms with van der Waals surface area (Å²) < 4.78 is 6.88. The highest BCUT2D eigenvalue weighted by Gasteiger charge is 2.31. The molecule has 1 saturated heterocycles. The van der Waals surface area contributed by atoms with Crippen molar-refractivity contribution in [2.45, 2.75) is 18.9 Å². The molecule has 1 fully saturated rings. The monoisotopic (exact) mass is 372 g/mol. The average molecular weight is 372 g/mol. The summed E-state index contributed by atoms with van der Waals surface area (Å²) in [6.45, 7) is 2.10. The van der Waals surface area contributed by atoms with Gasteiger partial charge in [0, 0.05) is 4.88 Å². The Balaban J connectivity index is 1.60. The molecule has 1 aliphatic heterocycles. The lowest BCUT2D eigenvalue weighted by Gasteiger charge is -2.25. The summed E-state index contributed by atoms with van der Waals surface area (Å²) in [6, 6.07) is 7.89. The van der Waals surface area contributed by atoms with E-state index in [1.54, 1.807) is 23.7 Å². The van der Waals surface area contributed by atoms with Gasteiger partial charge in [-0.05, 0) is 49.5 Å². The predicted molar refractivity (Wildman–Crippen MR) is 97.2 cm³/mol. The maximum atomic E-state index is 10.8. The lowest BCUT2D eigenvalue weighted by Crippen LogP contribution is -2.25. The molecule has 1 atom stereocenters. The number of rotatable bonds is 4. The van der Waals surface area contributed by atoms with Crippen LogP contribution in [0.15, 0.2) is 40.3 Å². The van der Waals surface area contributed by atoms with Crippen LogP contribution in [0.2, 0.25) is 0 Å². The predicted octanol–water partition coefficient (Wildman–Crippen LogP) is 4.00. The Bertz CT molecular complexity index is 982. The van der Waals surface area contributed by atoms with E-state index in [2.05, 4.69) is 32.5 Å². The molecule has 6 nitrogen and oxygen atoms in total. The van der Waals surface area contributed by atoms with Crippen LogP contribution in [0.25, 0.3) is 16.5 Å². The van der Waals surface area contributed by atoms with Gasteiger partial charge in [-0.1, -0.05) is 17.4 Å². The van der Waals surface area contributed by atoms with E-state index in [0.29, 0.717) is 16.5 Å². The standard InChI is InChI=1S/C17H16N4O2S2/c22-16-14(13(12-6-4-10-24-12)20-7-1-2-8-20)25-17-18-15(19-21(16)17)11-5-3-9-23-11/h3-6,9-10,13,22H,1-2,7-8H2/t13-/m1/s1. The highest BCUT2D eigenvalue weighted by molar-refractivity contribution is 7.17. The largest absolute Gasteiger partial charge is 0.492 e. The van der Waals surface area contributed by atoms with Gasteiger partial charge in [0.25, 0.3) is 0 Å². The fourth-order valence-corrected chi connectivity index (χ4v) is 5.41. The number of furan rings is 1. The molecule has 0 aliphatic carbocycles. The van der Waals surface area contributed by atoms with Gasteiger partial charge in [-0.15, -0.1) is 16.4 Å². The van der Waals surface area contributed by atoms with Crippen LogP contribution in [0.5, 0.6) is 5.88 Å². The maximum Gasteiger partial charge on any atom is 0.230 e. The lowest BCUT2D eigenvalue weighted by molar-refractivity contribution is 0.280. The number of likely N-dealkylation sites (tertiary alicyclic amines) is 1. The topological polar surface area (TPSA) is 66.8 Å². The first-order valence-corrected chi connectivity index (χ1v) is 9.90. The number of fused-ring (bicyclic) bond motifs is 1. The van der Waals surface area contributed by atoms with E-state index in [4.69, 9.17) is 4.42 Å². The van der Waals surface area contributed by atoms with Crippen LogP contribution in [-0.2, 0) is 0 Å². The van der Waals surface area contributed by atoms with Crippen LogP contribution in [-0.4, -0.2) is 37.7 Å². The molecule has 0 amide bonds. The van der Waals surface area contributed by atoms with E-state index >= 15 is 0 Å². The number of aromatic nitrogens is 3. The van der Waals surface area contributed by atoms with Gasteiger partial charge in [-0.3, -0.25) is 4.90 Å². The van der Waals surface area contributed by atoms with Gasteiger partial charge in [0.15, 0.2) is 5.76 Å². The molecule has 8 heteroatoms. The zero-order chi connectivity index (χ0) is 16.8. The number of nitrogens with zero attached hydrogens (tertiary/aromatic N) is 4. The third-order valence-electron chi connectivity index (χ3n) is 4.51. The Labute approximate surface area is 152 Å². The third-order valence-corrected chi connectivity index (χ3v) is 6.51. The van der Waals surface area contributed by atoms with E-state index in [-0.39, 0.29) is 11.9 Å². The SMILES string of the molecule is Oc1c([C@@H](c2cccs2)N2CCCC2)sc2nc(-c3ccco3)nn12. The number of thiophene rings is 1. The van der Waals surface area contributed by atoms with Crippen LogP contribution in [0.1, 0.15) is 28.6 Å². The minimum Gasteiger partial charge on any atom is -0.492 e. The van der Waals surface area contributed by atoms with E-state index in [9.17, 15) is 5.11 Å². The molecule has 5 rings (SSSR count). The number of hydrogen-bond donors (Lipinski definition) is 1.